The van der Waals surface area contributed by atoms with Crippen molar-refractivity contribution in [2.45, 2.75) is 24.7 Å². The molecular formula is C22H26ClN3O5S. The number of nitrogens with two attached hydrogens (primary N) is 1. The molecule has 1 aliphatic heterocycles. The third-order valence-corrected chi connectivity index (χ3v) is 7.41. The van der Waals surface area contributed by atoms with Crippen LogP contribution >= 0.6 is 11.6 Å². The molecule has 172 valence electrons. The Labute approximate surface area is 192 Å². The molecule has 1 fully saturated rings. The zero-order valence-corrected chi connectivity index (χ0v) is 19.3. The van der Waals surface area contributed by atoms with Gasteiger partial charge in [0.25, 0.3) is 10.0 Å². The Bertz CT molecular complexity index is 1050. The van der Waals surface area contributed by atoms with Gasteiger partial charge in [-0.15, -0.1) is 0 Å². The summed E-state index contributed by atoms with van der Waals surface area (Å²) in [5.41, 5.74) is 5.70. The van der Waals surface area contributed by atoms with Crippen molar-refractivity contribution < 1.29 is 22.7 Å². The predicted molar refractivity (Wildman–Crippen MR) is 122 cm³/mol. The fourth-order valence-electron chi connectivity index (χ4n) is 3.56. The first-order valence-electron chi connectivity index (χ1n) is 10.3. The number of piperidine rings is 1. The maximum Gasteiger partial charge on any atom is 0.264 e. The van der Waals surface area contributed by atoms with E-state index in [4.69, 9.17) is 22.1 Å². The van der Waals surface area contributed by atoms with Crippen molar-refractivity contribution in [2.24, 2.45) is 11.7 Å². The molecule has 2 N–H and O–H groups in total. The van der Waals surface area contributed by atoms with Gasteiger partial charge in [-0.1, -0.05) is 11.6 Å². The molecule has 2 amide bonds. The number of benzene rings is 2. The van der Waals surface area contributed by atoms with E-state index in [1.54, 1.807) is 29.2 Å². The van der Waals surface area contributed by atoms with Crippen LogP contribution < -0.4 is 14.8 Å². The van der Waals surface area contributed by atoms with Gasteiger partial charge in [0.2, 0.25) is 11.8 Å². The van der Waals surface area contributed by atoms with Gasteiger partial charge in [0.1, 0.15) is 12.3 Å². The van der Waals surface area contributed by atoms with E-state index in [9.17, 15) is 18.0 Å². The first-order valence-corrected chi connectivity index (χ1v) is 12.1. The maximum absolute atomic E-state index is 13.4. The quantitative estimate of drug-likeness (QED) is 0.625. The van der Waals surface area contributed by atoms with Crippen LogP contribution in [0, 0.1) is 5.92 Å². The molecule has 1 aliphatic rings. The van der Waals surface area contributed by atoms with E-state index in [1.165, 1.54) is 24.3 Å². The van der Waals surface area contributed by atoms with E-state index < -0.39 is 10.0 Å². The average Bonchev–Trinajstić information content (AvgIpc) is 2.78. The maximum atomic E-state index is 13.4. The molecule has 0 aliphatic carbocycles. The zero-order chi connectivity index (χ0) is 23.3. The van der Waals surface area contributed by atoms with Crippen LogP contribution in [0.25, 0.3) is 0 Å². The molecule has 2 aromatic carbocycles. The third-order valence-electron chi connectivity index (χ3n) is 5.37. The molecule has 2 aromatic rings. The number of hydrogen-bond acceptors (Lipinski definition) is 5. The molecule has 0 atom stereocenters. The van der Waals surface area contributed by atoms with E-state index in [0.29, 0.717) is 49.0 Å². The zero-order valence-electron chi connectivity index (χ0n) is 17.7. The van der Waals surface area contributed by atoms with Gasteiger partial charge >= 0.3 is 0 Å². The van der Waals surface area contributed by atoms with E-state index in [0.717, 1.165) is 4.31 Å². The van der Waals surface area contributed by atoms with Crippen LogP contribution in [0.1, 0.15) is 19.8 Å². The van der Waals surface area contributed by atoms with E-state index in [1.807, 2.05) is 6.92 Å². The second-order valence-electron chi connectivity index (χ2n) is 7.45. The Hall–Kier alpha value is -2.78. The largest absolute Gasteiger partial charge is 0.494 e. The van der Waals surface area contributed by atoms with Gasteiger partial charge in [-0.2, -0.15) is 0 Å². The van der Waals surface area contributed by atoms with Crippen molar-refractivity contribution >= 4 is 39.1 Å². The first kappa shape index (κ1) is 23.9. The molecule has 0 unspecified atom stereocenters. The lowest BCUT2D eigenvalue weighted by atomic mass is 9.96. The molecule has 8 nitrogen and oxygen atoms in total. The highest BCUT2D eigenvalue weighted by atomic mass is 35.5. The van der Waals surface area contributed by atoms with Crippen LogP contribution in [0.3, 0.4) is 0 Å². The Morgan fingerprint density at radius 2 is 1.69 bits per heavy atom. The highest BCUT2D eigenvalue weighted by Gasteiger charge is 2.31. The average molecular weight is 480 g/mol. The standard InChI is InChI=1S/C22H26ClN3O5S/c1-2-31-19-7-5-18(6-8-19)26(32(29,30)20-9-3-17(23)4-10-20)15-21(27)25-13-11-16(12-14-25)22(24)28/h3-10,16H,2,11-15H2,1H3,(H2,24,28). The van der Waals surface area contributed by atoms with Crippen LogP contribution in [0.2, 0.25) is 5.02 Å². The van der Waals surface area contributed by atoms with E-state index in [2.05, 4.69) is 0 Å². The number of likely N-dealkylation sites (tertiary alicyclic amines) is 1. The van der Waals surface area contributed by atoms with Gasteiger partial charge in [-0.25, -0.2) is 8.42 Å². The summed E-state index contributed by atoms with van der Waals surface area (Å²) in [5, 5.41) is 0.407. The summed E-state index contributed by atoms with van der Waals surface area (Å²) < 4.78 is 33.4. The molecule has 1 heterocycles. The second-order valence-corrected chi connectivity index (χ2v) is 9.75. The van der Waals surface area contributed by atoms with Gasteiger partial charge in [-0.05, 0) is 68.3 Å². The van der Waals surface area contributed by atoms with Crippen molar-refractivity contribution in [1.82, 2.24) is 4.90 Å². The highest BCUT2D eigenvalue weighted by molar-refractivity contribution is 7.92. The Balaban J connectivity index is 1.87. The number of amides is 2. The summed E-state index contributed by atoms with van der Waals surface area (Å²) >= 11 is 5.91. The minimum Gasteiger partial charge on any atom is -0.494 e. The summed E-state index contributed by atoms with van der Waals surface area (Å²) in [4.78, 5) is 26.0. The van der Waals surface area contributed by atoms with Gasteiger partial charge in [0.15, 0.2) is 0 Å². The summed E-state index contributed by atoms with van der Waals surface area (Å²) in [6.45, 7) is 2.66. The first-order chi connectivity index (χ1) is 15.2. The number of carbonyl (C=O) groups excluding carboxylic acids is 2. The lowest BCUT2D eigenvalue weighted by Crippen LogP contribution is -2.47. The number of hydrogen-bond donors (Lipinski definition) is 1. The smallest absolute Gasteiger partial charge is 0.264 e. The summed E-state index contributed by atoms with van der Waals surface area (Å²) in [7, 11) is -4.04. The molecule has 0 radical (unpaired) electrons. The van der Waals surface area contributed by atoms with Gasteiger partial charge in [0.05, 0.1) is 17.2 Å². The van der Waals surface area contributed by atoms with Crippen molar-refractivity contribution in [2.75, 3.05) is 30.5 Å². The molecule has 0 aromatic heterocycles. The topological polar surface area (TPSA) is 110 Å². The van der Waals surface area contributed by atoms with Crippen molar-refractivity contribution in [1.29, 1.82) is 0 Å². The number of primary amides is 1. The van der Waals surface area contributed by atoms with Gasteiger partial charge < -0.3 is 15.4 Å². The van der Waals surface area contributed by atoms with E-state index in [-0.39, 0.29) is 29.2 Å². The van der Waals surface area contributed by atoms with Crippen LogP contribution in [-0.2, 0) is 19.6 Å². The van der Waals surface area contributed by atoms with Crippen molar-refractivity contribution in [3.8, 4) is 5.75 Å². The second kappa shape index (κ2) is 10.2. The molecule has 0 bridgehead atoms. The predicted octanol–water partition coefficient (Wildman–Crippen LogP) is 2.66. The van der Waals surface area contributed by atoms with Gasteiger partial charge in [-0.3, -0.25) is 13.9 Å². The van der Waals surface area contributed by atoms with Crippen LogP contribution in [0.4, 0.5) is 5.69 Å². The number of anilines is 1. The van der Waals surface area contributed by atoms with Crippen molar-refractivity contribution in [3.05, 3.63) is 53.6 Å². The van der Waals surface area contributed by atoms with Gasteiger partial charge in [0, 0.05) is 24.0 Å². The van der Waals surface area contributed by atoms with E-state index >= 15 is 0 Å². The number of ether oxygens (including phenoxy) is 1. The molecule has 32 heavy (non-hydrogen) atoms. The third kappa shape index (κ3) is 5.52. The fourth-order valence-corrected chi connectivity index (χ4v) is 5.10. The van der Waals surface area contributed by atoms with Crippen LogP contribution in [-0.4, -0.2) is 51.4 Å². The number of rotatable bonds is 8. The Morgan fingerprint density at radius 1 is 1.09 bits per heavy atom. The molecular weight excluding hydrogens is 454 g/mol. The normalized spacial score (nSPS) is 14.8. The fraction of sp³-hybridized carbons (Fsp3) is 0.364. The molecule has 3 rings (SSSR count). The van der Waals surface area contributed by atoms with Crippen molar-refractivity contribution in [3.63, 3.8) is 0 Å². The Morgan fingerprint density at radius 3 is 2.22 bits per heavy atom. The molecule has 1 saturated heterocycles. The molecule has 0 spiro atoms. The number of sulfonamides is 1. The highest BCUT2D eigenvalue weighted by Crippen LogP contribution is 2.27. The lowest BCUT2D eigenvalue weighted by molar-refractivity contribution is -0.133. The number of halogens is 1. The molecule has 10 heteroatoms. The number of carbonyl (C=O) groups is 2. The summed E-state index contributed by atoms with van der Waals surface area (Å²) in [5.74, 6) is -0.392. The number of nitrogens with zero attached hydrogens (tertiary/aromatic N) is 2. The monoisotopic (exact) mass is 479 g/mol. The SMILES string of the molecule is CCOc1ccc(N(CC(=O)N2CCC(C(N)=O)CC2)S(=O)(=O)c2ccc(Cl)cc2)cc1. The lowest BCUT2D eigenvalue weighted by Gasteiger charge is -2.33. The molecule has 0 saturated carbocycles. The van der Waals surface area contributed by atoms with Crippen LogP contribution in [0.5, 0.6) is 5.75 Å². The van der Waals surface area contributed by atoms with Crippen LogP contribution in [0.15, 0.2) is 53.4 Å². The minimum atomic E-state index is -4.04. The Kier molecular flexibility index (Phi) is 7.63. The minimum absolute atomic E-state index is 0.0241. The summed E-state index contributed by atoms with van der Waals surface area (Å²) in [6.07, 6.45) is 0.933. The summed E-state index contributed by atoms with van der Waals surface area (Å²) in [6, 6.07) is 12.3.